The number of hydrogen-bond donors (Lipinski definition) is 4. The van der Waals surface area contributed by atoms with Gasteiger partial charge in [0.05, 0.1) is 25.0 Å². The molecule has 0 radical (unpaired) electrons. The molecule has 8 heteroatoms. The van der Waals surface area contributed by atoms with E-state index < -0.39 is 6.03 Å². The predicted molar refractivity (Wildman–Crippen MR) is 95.6 cm³/mol. The Morgan fingerprint density at radius 1 is 1.20 bits per heavy atom. The van der Waals surface area contributed by atoms with Gasteiger partial charge in [0.2, 0.25) is 0 Å². The zero-order valence-corrected chi connectivity index (χ0v) is 14.3. The SMILES string of the molecule is CC[C@H](C)NC(=O)c1ccc(NC(=O)Nc2cnn(CCO)c2)cc1. The molecule has 0 bridgehead atoms. The number of nitrogens with one attached hydrogen (secondary N) is 3. The fourth-order valence-electron chi connectivity index (χ4n) is 2.06. The van der Waals surface area contributed by atoms with Gasteiger partial charge >= 0.3 is 6.03 Å². The van der Waals surface area contributed by atoms with E-state index >= 15 is 0 Å². The summed E-state index contributed by atoms with van der Waals surface area (Å²) in [6.07, 6.45) is 3.98. The van der Waals surface area contributed by atoms with Crippen molar-refractivity contribution in [1.29, 1.82) is 0 Å². The summed E-state index contributed by atoms with van der Waals surface area (Å²) in [4.78, 5) is 24.0. The molecule has 0 saturated heterocycles. The molecule has 134 valence electrons. The van der Waals surface area contributed by atoms with Crippen molar-refractivity contribution >= 4 is 23.3 Å². The normalized spacial score (nSPS) is 11.6. The second-order valence-electron chi connectivity index (χ2n) is 5.65. The summed E-state index contributed by atoms with van der Waals surface area (Å²) in [6.45, 7) is 4.29. The van der Waals surface area contributed by atoms with E-state index in [1.807, 2.05) is 13.8 Å². The standard InChI is InChI=1S/C17H23N5O3/c1-3-12(2)19-16(24)13-4-6-14(7-5-13)20-17(25)21-15-10-18-22(11-15)8-9-23/h4-7,10-12,23H,3,8-9H2,1-2H3,(H,19,24)(H2,20,21,25)/t12-/m0/s1. The molecule has 2 aromatic rings. The van der Waals surface area contributed by atoms with E-state index in [9.17, 15) is 9.59 Å². The Labute approximate surface area is 146 Å². The number of carbonyl (C=O) groups is 2. The molecule has 0 aliphatic heterocycles. The Hall–Kier alpha value is -2.87. The fraction of sp³-hybridized carbons (Fsp3) is 0.353. The second kappa shape index (κ2) is 8.84. The van der Waals surface area contributed by atoms with Gasteiger partial charge in [0, 0.05) is 23.5 Å². The van der Waals surface area contributed by atoms with Crippen molar-refractivity contribution in [2.75, 3.05) is 17.2 Å². The van der Waals surface area contributed by atoms with Crippen LogP contribution in [0.1, 0.15) is 30.6 Å². The highest BCUT2D eigenvalue weighted by molar-refractivity contribution is 6.00. The Kier molecular flexibility index (Phi) is 6.53. The maximum Gasteiger partial charge on any atom is 0.323 e. The van der Waals surface area contributed by atoms with Crippen molar-refractivity contribution in [2.45, 2.75) is 32.9 Å². The Morgan fingerprint density at radius 2 is 1.88 bits per heavy atom. The number of benzene rings is 1. The van der Waals surface area contributed by atoms with E-state index in [1.54, 1.807) is 30.5 Å². The molecule has 1 heterocycles. The van der Waals surface area contributed by atoms with Crippen LogP contribution in [0.2, 0.25) is 0 Å². The molecular weight excluding hydrogens is 322 g/mol. The van der Waals surface area contributed by atoms with E-state index in [4.69, 9.17) is 5.11 Å². The molecule has 0 fully saturated rings. The number of nitrogens with zero attached hydrogens (tertiary/aromatic N) is 2. The molecule has 1 aromatic heterocycles. The first-order valence-electron chi connectivity index (χ1n) is 8.14. The molecule has 25 heavy (non-hydrogen) atoms. The van der Waals surface area contributed by atoms with E-state index in [0.29, 0.717) is 23.5 Å². The summed E-state index contributed by atoms with van der Waals surface area (Å²) in [5.41, 5.74) is 1.63. The third-order valence-corrected chi connectivity index (χ3v) is 3.62. The fourth-order valence-corrected chi connectivity index (χ4v) is 2.06. The van der Waals surface area contributed by atoms with Crippen LogP contribution in [0.25, 0.3) is 0 Å². The highest BCUT2D eigenvalue weighted by Gasteiger charge is 2.09. The van der Waals surface area contributed by atoms with Gasteiger partial charge in [-0.25, -0.2) is 4.79 Å². The minimum Gasteiger partial charge on any atom is -0.394 e. The topological polar surface area (TPSA) is 108 Å². The molecule has 0 spiro atoms. The maximum atomic E-state index is 12.0. The predicted octanol–water partition coefficient (Wildman–Crippen LogP) is 2.05. The van der Waals surface area contributed by atoms with E-state index in [-0.39, 0.29) is 18.6 Å². The van der Waals surface area contributed by atoms with Crippen molar-refractivity contribution in [3.05, 3.63) is 42.2 Å². The van der Waals surface area contributed by atoms with Gasteiger partial charge in [-0.15, -0.1) is 0 Å². The molecule has 0 aliphatic carbocycles. The van der Waals surface area contributed by atoms with Gasteiger partial charge in [-0.3, -0.25) is 9.48 Å². The molecule has 2 rings (SSSR count). The van der Waals surface area contributed by atoms with E-state index in [1.165, 1.54) is 10.9 Å². The largest absolute Gasteiger partial charge is 0.394 e. The average molecular weight is 345 g/mol. The first kappa shape index (κ1) is 18.5. The first-order valence-corrected chi connectivity index (χ1v) is 8.14. The zero-order valence-electron chi connectivity index (χ0n) is 14.3. The van der Waals surface area contributed by atoms with Crippen LogP contribution >= 0.6 is 0 Å². The number of carbonyl (C=O) groups excluding carboxylic acids is 2. The quantitative estimate of drug-likeness (QED) is 0.616. The summed E-state index contributed by atoms with van der Waals surface area (Å²) in [5, 5.41) is 21.1. The van der Waals surface area contributed by atoms with Gasteiger partial charge in [0.25, 0.3) is 5.91 Å². The van der Waals surface area contributed by atoms with Crippen LogP contribution < -0.4 is 16.0 Å². The maximum absolute atomic E-state index is 12.0. The zero-order chi connectivity index (χ0) is 18.2. The van der Waals surface area contributed by atoms with Crippen molar-refractivity contribution in [3.8, 4) is 0 Å². The first-order chi connectivity index (χ1) is 12.0. The molecule has 3 amide bonds. The summed E-state index contributed by atoms with van der Waals surface area (Å²) in [5.74, 6) is -0.137. The van der Waals surface area contributed by atoms with Crippen molar-refractivity contribution in [3.63, 3.8) is 0 Å². The lowest BCUT2D eigenvalue weighted by Gasteiger charge is -2.12. The Morgan fingerprint density at radius 3 is 2.52 bits per heavy atom. The third kappa shape index (κ3) is 5.61. The van der Waals surface area contributed by atoms with E-state index in [0.717, 1.165) is 6.42 Å². The smallest absolute Gasteiger partial charge is 0.323 e. The van der Waals surface area contributed by atoms with Crippen LogP contribution in [0.5, 0.6) is 0 Å². The van der Waals surface area contributed by atoms with Crippen LogP contribution in [0.4, 0.5) is 16.2 Å². The van der Waals surface area contributed by atoms with Crippen LogP contribution in [0.3, 0.4) is 0 Å². The van der Waals surface area contributed by atoms with Gasteiger partial charge in [-0.05, 0) is 37.6 Å². The molecule has 0 aliphatic rings. The lowest BCUT2D eigenvalue weighted by atomic mass is 10.1. The summed E-state index contributed by atoms with van der Waals surface area (Å²) in [7, 11) is 0. The number of aromatic nitrogens is 2. The van der Waals surface area contributed by atoms with Crippen LogP contribution in [0.15, 0.2) is 36.7 Å². The van der Waals surface area contributed by atoms with E-state index in [2.05, 4.69) is 21.0 Å². The summed E-state index contributed by atoms with van der Waals surface area (Å²) < 4.78 is 1.53. The molecule has 4 N–H and O–H groups in total. The Balaban J connectivity index is 1.89. The van der Waals surface area contributed by atoms with Gasteiger partial charge in [0.1, 0.15) is 0 Å². The number of amides is 3. The summed E-state index contributed by atoms with van der Waals surface area (Å²) >= 11 is 0. The van der Waals surface area contributed by atoms with Crippen LogP contribution in [-0.4, -0.2) is 39.5 Å². The number of urea groups is 1. The number of aliphatic hydroxyl groups is 1. The molecular formula is C17H23N5O3. The average Bonchev–Trinajstić information content (AvgIpc) is 3.02. The van der Waals surface area contributed by atoms with Gasteiger partial charge < -0.3 is 21.1 Å². The molecule has 1 atom stereocenters. The Bertz CT molecular complexity index is 711. The van der Waals surface area contributed by atoms with Gasteiger partial charge in [-0.1, -0.05) is 6.92 Å². The van der Waals surface area contributed by atoms with Gasteiger partial charge in [0.15, 0.2) is 0 Å². The number of anilines is 2. The number of aliphatic hydroxyl groups excluding tert-OH is 1. The van der Waals surface area contributed by atoms with Crippen molar-refractivity contribution < 1.29 is 14.7 Å². The van der Waals surface area contributed by atoms with Crippen molar-refractivity contribution in [1.82, 2.24) is 15.1 Å². The van der Waals surface area contributed by atoms with Crippen molar-refractivity contribution in [2.24, 2.45) is 0 Å². The summed E-state index contributed by atoms with van der Waals surface area (Å²) in [6, 6.07) is 6.35. The lowest BCUT2D eigenvalue weighted by Crippen LogP contribution is -2.31. The third-order valence-electron chi connectivity index (χ3n) is 3.62. The van der Waals surface area contributed by atoms with Gasteiger partial charge in [-0.2, -0.15) is 5.10 Å². The minimum atomic E-state index is -0.416. The van der Waals surface area contributed by atoms with Crippen LogP contribution in [-0.2, 0) is 6.54 Å². The number of hydrogen-bond acceptors (Lipinski definition) is 4. The molecule has 1 aromatic carbocycles. The monoisotopic (exact) mass is 345 g/mol. The highest BCUT2D eigenvalue weighted by Crippen LogP contribution is 2.11. The minimum absolute atomic E-state index is 0.0235. The van der Waals surface area contributed by atoms with Crippen LogP contribution in [0, 0.1) is 0 Å². The lowest BCUT2D eigenvalue weighted by molar-refractivity contribution is 0.0939. The second-order valence-corrected chi connectivity index (χ2v) is 5.65. The molecule has 0 unspecified atom stereocenters. The molecule has 8 nitrogen and oxygen atoms in total. The number of rotatable bonds is 7. The molecule has 0 saturated carbocycles. The highest BCUT2D eigenvalue weighted by atomic mass is 16.3.